The maximum atomic E-state index is 5.71. The quantitative estimate of drug-likeness (QED) is 0.681. The van der Waals surface area contributed by atoms with Crippen molar-refractivity contribution in [1.82, 2.24) is 29.9 Å². The van der Waals surface area contributed by atoms with Gasteiger partial charge >= 0.3 is 0 Å². The molecule has 3 N–H and O–H groups in total. The smallest absolute Gasteiger partial charge is 0.220 e. The van der Waals surface area contributed by atoms with Crippen LogP contribution < -0.4 is 15.8 Å². The second-order valence-corrected chi connectivity index (χ2v) is 7.96. The summed E-state index contributed by atoms with van der Waals surface area (Å²) in [6, 6.07) is 3.76. The fraction of sp³-hybridized carbons (Fsp3) is 0.545. The van der Waals surface area contributed by atoms with E-state index in [9.17, 15) is 0 Å². The molecule has 8 nitrogen and oxygen atoms in total. The summed E-state index contributed by atoms with van der Waals surface area (Å²) >= 11 is 0. The van der Waals surface area contributed by atoms with Gasteiger partial charge in [0.2, 0.25) is 5.95 Å². The van der Waals surface area contributed by atoms with Gasteiger partial charge in [0.05, 0.1) is 19.0 Å². The monoisotopic (exact) mass is 409 g/mol. The number of anilines is 1. The van der Waals surface area contributed by atoms with Gasteiger partial charge in [0, 0.05) is 18.2 Å². The Kier molecular flexibility index (Phi) is 6.74. The van der Waals surface area contributed by atoms with Crippen molar-refractivity contribution in [1.29, 1.82) is 0 Å². The molecule has 1 aliphatic carbocycles. The van der Waals surface area contributed by atoms with Crippen molar-refractivity contribution in [2.75, 3.05) is 25.9 Å². The molecule has 0 aromatic carbocycles. The highest BCUT2D eigenvalue weighted by Crippen LogP contribution is 2.36. The lowest BCUT2D eigenvalue weighted by molar-refractivity contribution is 0.377. The van der Waals surface area contributed by atoms with E-state index in [4.69, 9.17) is 15.6 Å². The molecule has 3 aromatic heterocycles. The number of ether oxygens (including phenoxy) is 1. The van der Waals surface area contributed by atoms with E-state index in [-0.39, 0.29) is 5.95 Å². The summed E-state index contributed by atoms with van der Waals surface area (Å²) in [5, 5.41) is 8.15. The number of nitrogens with two attached hydrogens (primary N) is 1. The van der Waals surface area contributed by atoms with Crippen LogP contribution in [0.4, 0.5) is 5.95 Å². The van der Waals surface area contributed by atoms with Gasteiger partial charge in [-0.2, -0.15) is 5.10 Å². The fourth-order valence-electron chi connectivity index (χ4n) is 4.23. The first-order valence-electron chi connectivity index (χ1n) is 11.0. The maximum absolute atomic E-state index is 5.71. The van der Waals surface area contributed by atoms with Crippen LogP contribution in [-0.2, 0) is 0 Å². The number of nitrogen functional groups attached to an aromatic ring is 1. The third-order valence-corrected chi connectivity index (χ3v) is 5.84. The van der Waals surface area contributed by atoms with Crippen molar-refractivity contribution in [2.45, 2.75) is 57.3 Å². The lowest BCUT2D eigenvalue weighted by atomic mass is 9.86. The molecular weight excluding hydrogens is 378 g/mol. The summed E-state index contributed by atoms with van der Waals surface area (Å²) in [4.78, 5) is 12.7. The molecule has 0 radical (unpaired) electrons. The first kappa shape index (κ1) is 20.5. The Morgan fingerprint density at radius 1 is 1.07 bits per heavy atom. The third kappa shape index (κ3) is 4.70. The van der Waals surface area contributed by atoms with E-state index in [1.807, 2.05) is 16.6 Å². The van der Waals surface area contributed by atoms with Gasteiger partial charge in [0.1, 0.15) is 17.1 Å². The molecule has 1 saturated carbocycles. The lowest BCUT2D eigenvalue weighted by Gasteiger charge is -2.22. The van der Waals surface area contributed by atoms with E-state index in [1.54, 1.807) is 19.5 Å². The molecule has 3 aromatic rings. The van der Waals surface area contributed by atoms with Crippen molar-refractivity contribution in [3.05, 3.63) is 30.2 Å². The van der Waals surface area contributed by atoms with Crippen LogP contribution in [0.25, 0.3) is 17.0 Å². The van der Waals surface area contributed by atoms with Crippen molar-refractivity contribution < 1.29 is 4.74 Å². The van der Waals surface area contributed by atoms with Gasteiger partial charge in [-0.3, -0.25) is 0 Å². The fourth-order valence-corrected chi connectivity index (χ4v) is 4.23. The second-order valence-electron chi connectivity index (χ2n) is 7.96. The molecule has 30 heavy (non-hydrogen) atoms. The van der Waals surface area contributed by atoms with Gasteiger partial charge < -0.3 is 15.8 Å². The predicted octanol–water partition coefficient (Wildman–Crippen LogP) is 3.58. The van der Waals surface area contributed by atoms with Crippen LogP contribution >= 0.6 is 0 Å². The average molecular weight is 410 g/mol. The average Bonchev–Trinajstić information content (AvgIpc) is 3.23. The molecule has 5 rings (SSSR count). The number of hydrogen-bond acceptors (Lipinski definition) is 7. The van der Waals surface area contributed by atoms with E-state index in [0.29, 0.717) is 11.6 Å². The first-order chi connectivity index (χ1) is 14.8. The lowest BCUT2D eigenvalue weighted by Crippen LogP contribution is -2.21. The normalized spacial score (nSPS) is 17.4. The molecule has 1 saturated heterocycles. The van der Waals surface area contributed by atoms with Crippen LogP contribution in [0, 0.1) is 0 Å². The van der Waals surface area contributed by atoms with Crippen LogP contribution in [-0.4, -0.2) is 44.8 Å². The molecule has 0 unspecified atom stereocenters. The van der Waals surface area contributed by atoms with E-state index in [0.717, 1.165) is 35.6 Å². The maximum Gasteiger partial charge on any atom is 0.220 e. The van der Waals surface area contributed by atoms with Crippen LogP contribution in [0.2, 0.25) is 0 Å². The molecule has 0 amide bonds. The van der Waals surface area contributed by atoms with Crippen molar-refractivity contribution >= 4 is 11.6 Å². The Labute approximate surface area is 177 Å². The Hall–Kier alpha value is -2.74. The highest BCUT2D eigenvalue weighted by molar-refractivity contribution is 5.61. The number of aromatic nitrogens is 5. The van der Waals surface area contributed by atoms with E-state index in [2.05, 4.69) is 20.3 Å². The summed E-state index contributed by atoms with van der Waals surface area (Å²) in [7, 11) is 1.69. The number of hydrogen-bond donors (Lipinski definition) is 2. The molecule has 8 heteroatoms. The Morgan fingerprint density at radius 2 is 1.83 bits per heavy atom. The SMILES string of the molecule is C1CCNCC1.COc1cc2ncc(-c3ccnc(N)n3)n2nc1C1CCCCC1. The summed E-state index contributed by atoms with van der Waals surface area (Å²) in [6.07, 6.45) is 13.7. The van der Waals surface area contributed by atoms with Gasteiger partial charge in [-0.25, -0.2) is 19.5 Å². The van der Waals surface area contributed by atoms with Gasteiger partial charge in [-0.15, -0.1) is 0 Å². The van der Waals surface area contributed by atoms with Crippen LogP contribution in [0.1, 0.15) is 63.0 Å². The molecule has 0 atom stereocenters. The van der Waals surface area contributed by atoms with Crippen molar-refractivity contribution in [3.8, 4) is 17.1 Å². The minimum atomic E-state index is 0.239. The van der Waals surface area contributed by atoms with Gasteiger partial charge in [0.25, 0.3) is 0 Å². The Morgan fingerprint density at radius 3 is 2.47 bits per heavy atom. The molecule has 2 fully saturated rings. The topological polar surface area (TPSA) is 103 Å². The molecule has 0 bridgehead atoms. The third-order valence-electron chi connectivity index (χ3n) is 5.84. The summed E-state index contributed by atoms with van der Waals surface area (Å²) in [5.74, 6) is 1.49. The number of piperidine rings is 1. The first-order valence-corrected chi connectivity index (χ1v) is 11.0. The number of fused-ring (bicyclic) bond motifs is 1. The number of imidazole rings is 1. The van der Waals surface area contributed by atoms with Crippen LogP contribution in [0.3, 0.4) is 0 Å². The van der Waals surface area contributed by atoms with Crippen molar-refractivity contribution in [3.63, 3.8) is 0 Å². The minimum absolute atomic E-state index is 0.239. The second kappa shape index (κ2) is 9.84. The summed E-state index contributed by atoms with van der Waals surface area (Å²) < 4.78 is 7.41. The Balaban J connectivity index is 0.000000313. The number of rotatable bonds is 3. The van der Waals surface area contributed by atoms with Gasteiger partial charge in [-0.1, -0.05) is 25.7 Å². The van der Waals surface area contributed by atoms with Gasteiger partial charge in [-0.05, 0) is 44.8 Å². The summed E-state index contributed by atoms with van der Waals surface area (Å²) in [6.45, 7) is 2.50. The zero-order valence-corrected chi connectivity index (χ0v) is 17.7. The van der Waals surface area contributed by atoms with Gasteiger partial charge in [0.15, 0.2) is 5.65 Å². The van der Waals surface area contributed by atoms with E-state index >= 15 is 0 Å². The highest BCUT2D eigenvalue weighted by Gasteiger charge is 2.23. The van der Waals surface area contributed by atoms with Crippen molar-refractivity contribution in [2.24, 2.45) is 0 Å². The molecule has 0 spiro atoms. The van der Waals surface area contributed by atoms with Crippen LogP contribution in [0.15, 0.2) is 24.5 Å². The minimum Gasteiger partial charge on any atom is -0.495 e. The molecular formula is C22H31N7O. The largest absolute Gasteiger partial charge is 0.495 e. The molecule has 1 aliphatic heterocycles. The number of methoxy groups -OCH3 is 1. The highest BCUT2D eigenvalue weighted by atomic mass is 16.5. The number of nitrogens with zero attached hydrogens (tertiary/aromatic N) is 5. The van der Waals surface area contributed by atoms with Crippen LogP contribution in [0.5, 0.6) is 5.75 Å². The Bertz CT molecular complexity index is 950. The molecule has 4 heterocycles. The van der Waals surface area contributed by atoms with E-state index < -0.39 is 0 Å². The molecule has 160 valence electrons. The molecule has 2 aliphatic rings. The number of nitrogens with one attached hydrogen (secondary N) is 1. The zero-order valence-electron chi connectivity index (χ0n) is 17.7. The zero-order chi connectivity index (χ0) is 20.8. The standard InChI is InChI=1S/C17H20N6O.C5H11N/c1-24-14-9-15-20-10-13(12-7-8-19-17(18)21-12)23(15)22-16(14)11-5-3-2-4-6-11;1-2-4-6-5-3-1/h7-11H,2-6H2,1H3,(H2,18,19,21);6H,1-5H2. The summed E-state index contributed by atoms with van der Waals surface area (Å²) in [5.41, 5.74) is 8.96. The van der Waals surface area contributed by atoms with E-state index in [1.165, 1.54) is 51.6 Å². The predicted molar refractivity (Wildman–Crippen MR) is 118 cm³/mol.